The summed E-state index contributed by atoms with van der Waals surface area (Å²) < 4.78 is 0. The van der Waals surface area contributed by atoms with E-state index in [1.54, 1.807) is 24.9 Å². The maximum atomic E-state index is 13.3. The number of piperidine rings is 2. The number of H-pyrrole nitrogens is 1. The number of hydrogen-bond donors (Lipinski definition) is 2. The van der Waals surface area contributed by atoms with Crippen LogP contribution in [-0.2, 0) is 0 Å². The van der Waals surface area contributed by atoms with Crippen LogP contribution in [-0.4, -0.2) is 68.1 Å². The Morgan fingerprint density at radius 3 is 2.68 bits per heavy atom. The molecule has 5 rings (SSSR count). The highest BCUT2D eigenvalue weighted by Crippen LogP contribution is 2.41. The minimum atomic E-state index is -0.407. The van der Waals surface area contributed by atoms with Gasteiger partial charge in [-0.3, -0.25) is 9.78 Å². The van der Waals surface area contributed by atoms with Crippen molar-refractivity contribution in [3.05, 3.63) is 60.9 Å². The molecule has 0 bridgehead atoms. The average molecular weight is 419 g/mol. The van der Waals surface area contributed by atoms with Crippen LogP contribution in [0.25, 0.3) is 11.3 Å². The summed E-state index contributed by atoms with van der Waals surface area (Å²) in [6.45, 7) is 2.71. The highest BCUT2D eigenvalue weighted by atomic mass is 16.3. The van der Waals surface area contributed by atoms with Gasteiger partial charge >= 0.3 is 0 Å². The Bertz CT molecular complexity index is 1030. The highest BCUT2D eigenvalue weighted by Gasteiger charge is 2.43. The molecule has 8 nitrogen and oxygen atoms in total. The molecule has 31 heavy (non-hydrogen) atoms. The molecule has 2 fully saturated rings. The lowest BCUT2D eigenvalue weighted by Crippen LogP contribution is -2.54. The second-order valence-electron chi connectivity index (χ2n) is 8.59. The van der Waals surface area contributed by atoms with E-state index in [2.05, 4.69) is 24.8 Å². The van der Waals surface area contributed by atoms with Gasteiger partial charge in [0.05, 0.1) is 18.6 Å². The Kier molecular flexibility index (Phi) is 5.15. The molecule has 0 saturated carbocycles. The average Bonchev–Trinajstić information content (AvgIpc) is 3.30. The number of imidazole rings is 1. The zero-order valence-electron chi connectivity index (χ0n) is 17.3. The zero-order valence-corrected chi connectivity index (χ0v) is 17.3. The van der Waals surface area contributed by atoms with Crippen molar-refractivity contribution in [1.29, 1.82) is 0 Å². The monoisotopic (exact) mass is 418 g/mol. The lowest BCUT2D eigenvalue weighted by atomic mass is 9.71. The van der Waals surface area contributed by atoms with Crippen molar-refractivity contribution in [2.45, 2.75) is 25.4 Å². The number of hydrogen-bond acceptors (Lipinski definition) is 6. The first-order chi connectivity index (χ1) is 15.1. The number of carbonyl (C=O) groups is 1. The smallest absolute Gasteiger partial charge is 0.272 e. The predicted molar refractivity (Wildman–Crippen MR) is 116 cm³/mol. The summed E-state index contributed by atoms with van der Waals surface area (Å²) in [5.74, 6) is 0.775. The molecule has 1 amide bonds. The van der Waals surface area contributed by atoms with E-state index in [4.69, 9.17) is 0 Å². The number of aliphatic hydroxyl groups is 1. The topological polar surface area (TPSA) is 98.2 Å². The van der Waals surface area contributed by atoms with Crippen molar-refractivity contribution in [3.63, 3.8) is 0 Å². The molecular formula is C23H26N6O2. The second-order valence-corrected chi connectivity index (χ2v) is 8.59. The number of β-amino-alcohol motifs (C(OH)–C–C–N with tert-alkyl or cyclic N) is 1. The highest BCUT2D eigenvalue weighted by molar-refractivity contribution is 5.98. The molecule has 2 saturated heterocycles. The van der Waals surface area contributed by atoms with E-state index in [0.717, 1.165) is 37.2 Å². The number of benzene rings is 1. The minimum Gasteiger partial charge on any atom is -0.391 e. The van der Waals surface area contributed by atoms with Gasteiger partial charge < -0.3 is 19.9 Å². The quantitative estimate of drug-likeness (QED) is 0.678. The molecule has 3 aromatic rings. The first-order valence-electron chi connectivity index (χ1n) is 10.7. The summed E-state index contributed by atoms with van der Waals surface area (Å²) >= 11 is 0. The Balaban J connectivity index is 1.29. The Morgan fingerprint density at radius 2 is 1.94 bits per heavy atom. The lowest BCUT2D eigenvalue weighted by Gasteiger charge is -2.49. The Labute approximate surface area is 181 Å². The number of nitrogens with zero attached hydrogens (tertiary/aromatic N) is 5. The number of aliphatic hydroxyl groups excluding tert-OH is 1. The summed E-state index contributed by atoms with van der Waals surface area (Å²) in [6, 6.07) is 9.76. The number of likely N-dealkylation sites (tertiary alicyclic amines) is 1. The molecule has 1 atom stereocenters. The minimum absolute atomic E-state index is 0.0201. The molecule has 4 heterocycles. The molecular weight excluding hydrogens is 392 g/mol. The van der Waals surface area contributed by atoms with Gasteiger partial charge in [0.1, 0.15) is 17.2 Å². The van der Waals surface area contributed by atoms with E-state index < -0.39 is 6.10 Å². The summed E-state index contributed by atoms with van der Waals surface area (Å²) in [6.07, 6.45) is 8.70. The van der Waals surface area contributed by atoms with E-state index in [0.29, 0.717) is 31.0 Å². The number of rotatable bonds is 3. The van der Waals surface area contributed by atoms with E-state index in [1.165, 1.54) is 0 Å². The van der Waals surface area contributed by atoms with Crippen LogP contribution in [0.15, 0.2) is 55.2 Å². The van der Waals surface area contributed by atoms with Crippen LogP contribution in [0.1, 0.15) is 29.8 Å². The van der Waals surface area contributed by atoms with Crippen LogP contribution < -0.4 is 4.90 Å². The maximum Gasteiger partial charge on any atom is 0.272 e. The fourth-order valence-corrected chi connectivity index (χ4v) is 4.96. The van der Waals surface area contributed by atoms with E-state index >= 15 is 0 Å². The van der Waals surface area contributed by atoms with Gasteiger partial charge in [-0.2, -0.15) is 0 Å². The van der Waals surface area contributed by atoms with Crippen molar-refractivity contribution >= 4 is 11.7 Å². The van der Waals surface area contributed by atoms with Gasteiger partial charge in [-0.15, -0.1) is 0 Å². The van der Waals surface area contributed by atoms with Crippen LogP contribution >= 0.6 is 0 Å². The standard InChI is InChI=1S/C23H26N6O2/c30-18-12-23(15-29(14-18)19-13-24-8-9-25-19)6-10-28(11-7-23)22(31)21-20(26-16-27-21)17-4-2-1-3-5-17/h1-5,8-9,13,16,18,30H,6-7,10-12,14-15H2,(H,26,27). The Morgan fingerprint density at radius 1 is 1.13 bits per heavy atom. The van der Waals surface area contributed by atoms with Gasteiger partial charge in [0.15, 0.2) is 0 Å². The molecule has 8 heteroatoms. The number of aromatic nitrogens is 4. The summed E-state index contributed by atoms with van der Waals surface area (Å²) in [4.78, 5) is 33.3. The molecule has 2 aliphatic heterocycles. The molecule has 160 valence electrons. The van der Waals surface area contributed by atoms with Gasteiger partial charge in [0.25, 0.3) is 5.91 Å². The molecule has 2 aliphatic rings. The van der Waals surface area contributed by atoms with Gasteiger partial charge in [0.2, 0.25) is 0 Å². The molecule has 1 unspecified atom stereocenters. The first-order valence-corrected chi connectivity index (χ1v) is 10.7. The fraction of sp³-hybridized carbons (Fsp3) is 0.391. The van der Waals surface area contributed by atoms with Gasteiger partial charge in [-0.05, 0) is 24.7 Å². The van der Waals surface area contributed by atoms with Crippen molar-refractivity contribution < 1.29 is 9.90 Å². The number of amides is 1. The largest absolute Gasteiger partial charge is 0.391 e. The normalized spacial score (nSPS) is 20.7. The summed E-state index contributed by atoms with van der Waals surface area (Å²) in [7, 11) is 0. The summed E-state index contributed by atoms with van der Waals surface area (Å²) in [5, 5.41) is 10.6. The van der Waals surface area contributed by atoms with Crippen LogP contribution in [0.5, 0.6) is 0 Å². The Hall–Kier alpha value is -3.26. The second kappa shape index (κ2) is 8.11. The third-order valence-electron chi connectivity index (χ3n) is 6.51. The van der Waals surface area contributed by atoms with Gasteiger partial charge in [0, 0.05) is 44.1 Å². The van der Waals surface area contributed by atoms with Gasteiger partial charge in [-0.25, -0.2) is 9.97 Å². The molecule has 0 radical (unpaired) electrons. The first kappa shape index (κ1) is 19.7. The number of anilines is 1. The van der Waals surface area contributed by atoms with Crippen molar-refractivity contribution in [3.8, 4) is 11.3 Å². The SMILES string of the molecule is O=C(c1[nH]cnc1-c1ccccc1)N1CCC2(CC1)CC(O)CN(c1cnccn1)C2. The number of aromatic amines is 1. The van der Waals surface area contributed by atoms with Crippen LogP contribution in [0, 0.1) is 5.41 Å². The van der Waals surface area contributed by atoms with E-state index in [-0.39, 0.29) is 11.3 Å². The zero-order chi connectivity index (χ0) is 21.3. The van der Waals surface area contributed by atoms with Crippen LogP contribution in [0.4, 0.5) is 5.82 Å². The molecule has 1 spiro atoms. The van der Waals surface area contributed by atoms with Gasteiger partial charge in [-0.1, -0.05) is 30.3 Å². The van der Waals surface area contributed by atoms with Crippen LogP contribution in [0.2, 0.25) is 0 Å². The van der Waals surface area contributed by atoms with E-state index in [1.807, 2.05) is 35.2 Å². The lowest BCUT2D eigenvalue weighted by molar-refractivity contribution is 0.0244. The number of carbonyl (C=O) groups excluding carboxylic acids is 1. The van der Waals surface area contributed by atoms with E-state index in [9.17, 15) is 9.90 Å². The van der Waals surface area contributed by atoms with Crippen molar-refractivity contribution in [2.75, 3.05) is 31.1 Å². The third kappa shape index (κ3) is 3.90. The predicted octanol–water partition coefficient (Wildman–Crippen LogP) is 2.36. The van der Waals surface area contributed by atoms with Crippen molar-refractivity contribution in [1.82, 2.24) is 24.8 Å². The maximum absolute atomic E-state index is 13.3. The molecule has 2 aromatic heterocycles. The fourth-order valence-electron chi connectivity index (χ4n) is 4.96. The van der Waals surface area contributed by atoms with Crippen LogP contribution in [0.3, 0.4) is 0 Å². The summed E-state index contributed by atoms with van der Waals surface area (Å²) in [5.41, 5.74) is 2.12. The molecule has 1 aromatic carbocycles. The number of nitrogens with one attached hydrogen (secondary N) is 1. The van der Waals surface area contributed by atoms with Crippen molar-refractivity contribution in [2.24, 2.45) is 5.41 Å². The molecule has 0 aliphatic carbocycles. The third-order valence-corrected chi connectivity index (χ3v) is 6.51. The molecule has 2 N–H and O–H groups in total.